The van der Waals surface area contributed by atoms with Gasteiger partial charge in [-0.2, -0.15) is 0 Å². The Kier molecular flexibility index (Phi) is 6.33. The van der Waals surface area contributed by atoms with Crippen molar-refractivity contribution in [1.82, 2.24) is 5.32 Å². The number of para-hydroxylation sites is 1. The number of benzene rings is 1. The van der Waals surface area contributed by atoms with E-state index in [0.717, 1.165) is 61.7 Å². The van der Waals surface area contributed by atoms with E-state index >= 15 is 0 Å². The molecule has 1 aromatic carbocycles. The van der Waals surface area contributed by atoms with Gasteiger partial charge in [0.1, 0.15) is 11.3 Å². The molecule has 0 radical (unpaired) electrons. The van der Waals surface area contributed by atoms with Crippen molar-refractivity contribution in [3.63, 3.8) is 0 Å². The van der Waals surface area contributed by atoms with Gasteiger partial charge in [-0.3, -0.25) is 4.79 Å². The molecule has 1 fully saturated rings. The van der Waals surface area contributed by atoms with E-state index in [1.165, 1.54) is 0 Å². The van der Waals surface area contributed by atoms with Gasteiger partial charge in [0.25, 0.3) is 5.91 Å². The SMILES string of the molecule is CCCCc1oc2ccccc2c1C(=O)NCC1(OCCO)CCCC1. The maximum atomic E-state index is 13.0. The fourth-order valence-electron chi connectivity index (χ4n) is 3.84. The zero-order chi connectivity index (χ0) is 18.4. The van der Waals surface area contributed by atoms with Crippen LogP contribution in [0.1, 0.15) is 61.6 Å². The van der Waals surface area contributed by atoms with Crippen LogP contribution < -0.4 is 5.32 Å². The Bertz CT molecular complexity index is 731. The van der Waals surface area contributed by atoms with E-state index in [0.29, 0.717) is 18.7 Å². The molecule has 1 heterocycles. The topological polar surface area (TPSA) is 71.7 Å². The number of furan rings is 1. The molecule has 26 heavy (non-hydrogen) atoms. The highest BCUT2D eigenvalue weighted by molar-refractivity contribution is 6.07. The number of aliphatic hydroxyl groups excluding tert-OH is 1. The molecule has 0 bridgehead atoms. The van der Waals surface area contributed by atoms with E-state index in [9.17, 15) is 4.79 Å². The molecule has 1 amide bonds. The van der Waals surface area contributed by atoms with Crippen LogP contribution in [0.2, 0.25) is 0 Å². The van der Waals surface area contributed by atoms with Crippen molar-refractivity contribution >= 4 is 16.9 Å². The van der Waals surface area contributed by atoms with Gasteiger partial charge in [-0.15, -0.1) is 0 Å². The summed E-state index contributed by atoms with van der Waals surface area (Å²) in [5, 5.41) is 13.0. The quantitative estimate of drug-likeness (QED) is 0.714. The summed E-state index contributed by atoms with van der Waals surface area (Å²) in [7, 11) is 0. The lowest BCUT2D eigenvalue weighted by Gasteiger charge is -2.29. The van der Waals surface area contributed by atoms with E-state index in [4.69, 9.17) is 14.3 Å². The minimum atomic E-state index is -0.346. The summed E-state index contributed by atoms with van der Waals surface area (Å²) in [6.07, 6.45) is 6.83. The van der Waals surface area contributed by atoms with Crippen LogP contribution in [-0.2, 0) is 11.2 Å². The van der Waals surface area contributed by atoms with Gasteiger partial charge in [0.2, 0.25) is 0 Å². The van der Waals surface area contributed by atoms with Crippen molar-refractivity contribution < 1.29 is 19.1 Å². The second kappa shape index (κ2) is 8.69. The van der Waals surface area contributed by atoms with E-state index in [1.54, 1.807) is 0 Å². The van der Waals surface area contributed by atoms with E-state index in [1.807, 2.05) is 24.3 Å². The fourth-order valence-corrected chi connectivity index (χ4v) is 3.84. The van der Waals surface area contributed by atoms with E-state index in [-0.39, 0.29) is 18.1 Å². The molecule has 1 saturated carbocycles. The molecule has 2 aromatic rings. The molecule has 0 unspecified atom stereocenters. The third-order valence-electron chi connectivity index (χ3n) is 5.24. The summed E-state index contributed by atoms with van der Waals surface area (Å²) in [5.41, 5.74) is 1.07. The Labute approximate surface area is 154 Å². The second-order valence-electron chi connectivity index (χ2n) is 7.14. The molecule has 2 N–H and O–H groups in total. The number of aryl methyl sites for hydroxylation is 1. The molecule has 1 aliphatic carbocycles. The molecule has 5 heteroatoms. The van der Waals surface area contributed by atoms with Crippen LogP contribution in [-0.4, -0.2) is 36.4 Å². The zero-order valence-corrected chi connectivity index (χ0v) is 15.6. The predicted molar refractivity (Wildman–Crippen MR) is 101 cm³/mol. The number of hydrogen-bond acceptors (Lipinski definition) is 4. The monoisotopic (exact) mass is 359 g/mol. The number of rotatable bonds is 9. The minimum absolute atomic E-state index is 0.00320. The first-order valence-electron chi connectivity index (χ1n) is 9.72. The smallest absolute Gasteiger partial charge is 0.255 e. The highest BCUT2D eigenvalue weighted by Crippen LogP contribution is 2.33. The Hall–Kier alpha value is -1.85. The Morgan fingerprint density at radius 3 is 2.81 bits per heavy atom. The molecule has 0 saturated heterocycles. The highest BCUT2D eigenvalue weighted by atomic mass is 16.5. The summed E-state index contributed by atoms with van der Waals surface area (Å²) in [4.78, 5) is 13.0. The number of unbranched alkanes of at least 4 members (excludes halogenated alkanes) is 1. The molecule has 142 valence electrons. The molecule has 5 nitrogen and oxygen atoms in total. The number of ether oxygens (including phenoxy) is 1. The first-order chi connectivity index (χ1) is 12.7. The van der Waals surface area contributed by atoms with E-state index < -0.39 is 0 Å². The van der Waals surface area contributed by atoms with Crippen molar-refractivity contribution in [3.05, 3.63) is 35.6 Å². The number of hydrogen-bond donors (Lipinski definition) is 2. The van der Waals surface area contributed by atoms with E-state index in [2.05, 4.69) is 12.2 Å². The first kappa shape index (κ1) is 18.9. The second-order valence-corrected chi connectivity index (χ2v) is 7.14. The molecule has 1 aliphatic rings. The number of carbonyl (C=O) groups is 1. The average molecular weight is 359 g/mol. The summed E-state index contributed by atoms with van der Waals surface area (Å²) in [6.45, 7) is 2.92. The molecule has 3 rings (SSSR count). The number of aliphatic hydroxyl groups is 1. The van der Waals surface area contributed by atoms with Gasteiger partial charge in [0.15, 0.2) is 0 Å². The Morgan fingerprint density at radius 1 is 1.31 bits per heavy atom. The third-order valence-corrected chi connectivity index (χ3v) is 5.24. The van der Waals surface area contributed by atoms with Crippen molar-refractivity contribution in [2.75, 3.05) is 19.8 Å². The lowest BCUT2D eigenvalue weighted by Crippen LogP contribution is -2.43. The minimum Gasteiger partial charge on any atom is -0.460 e. The Balaban J connectivity index is 1.78. The van der Waals surface area contributed by atoms with Gasteiger partial charge >= 0.3 is 0 Å². The number of amides is 1. The molecule has 0 atom stereocenters. The number of carbonyl (C=O) groups excluding carboxylic acids is 1. The molecule has 1 aromatic heterocycles. The summed E-state index contributed by atoms with van der Waals surface area (Å²) in [5.74, 6) is 0.669. The summed E-state index contributed by atoms with van der Waals surface area (Å²) >= 11 is 0. The molecular weight excluding hydrogens is 330 g/mol. The van der Waals surface area contributed by atoms with Crippen LogP contribution in [0.5, 0.6) is 0 Å². The van der Waals surface area contributed by atoms with Crippen LogP contribution in [0.4, 0.5) is 0 Å². The Morgan fingerprint density at radius 2 is 2.08 bits per heavy atom. The predicted octanol–water partition coefficient (Wildman–Crippen LogP) is 3.83. The maximum Gasteiger partial charge on any atom is 0.255 e. The van der Waals surface area contributed by atoms with Crippen LogP contribution in [0.25, 0.3) is 11.0 Å². The van der Waals surface area contributed by atoms with Gasteiger partial charge in [-0.1, -0.05) is 44.4 Å². The van der Waals surface area contributed by atoms with Gasteiger partial charge in [-0.05, 0) is 25.3 Å². The van der Waals surface area contributed by atoms with Gasteiger partial charge in [-0.25, -0.2) is 0 Å². The van der Waals surface area contributed by atoms with Crippen LogP contribution >= 0.6 is 0 Å². The van der Waals surface area contributed by atoms with Crippen LogP contribution in [0, 0.1) is 0 Å². The average Bonchev–Trinajstić information content (AvgIpc) is 3.27. The zero-order valence-electron chi connectivity index (χ0n) is 15.6. The maximum absolute atomic E-state index is 13.0. The summed E-state index contributed by atoms with van der Waals surface area (Å²) < 4.78 is 11.9. The van der Waals surface area contributed by atoms with Crippen molar-refractivity contribution in [1.29, 1.82) is 0 Å². The number of nitrogens with one attached hydrogen (secondary N) is 1. The molecule has 0 spiro atoms. The molecule has 0 aliphatic heterocycles. The van der Waals surface area contributed by atoms with Crippen LogP contribution in [0.15, 0.2) is 28.7 Å². The first-order valence-corrected chi connectivity index (χ1v) is 9.72. The largest absolute Gasteiger partial charge is 0.460 e. The van der Waals surface area contributed by atoms with Gasteiger partial charge < -0.3 is 19.6 Å². The molecular formula is C21H29NO4. The fraction of sp³-hybridized carbons (Fsp3) is 0.571. The van der Waals surface area contributed by atoms with Crippen molar-refractivity contribution in [2.45, 2.75) is 57.5 Å². The highest BCUT2D eigenvalue weighted by Gasteiger charge is 2.35. The normalized spacial score (nSPS) is 16.2. The lowest BCUT2D eigenvalue weighted by molar-refractivity contribution is -0.0511. The summed E-state index contributed by atoms with van der Waals surface area (Å²) in [6, 6.07) is 7.70. The van der Waals surface area contributed by atoms with Crippen molar-refractivity contribution in [3.8, 4) is 0 Å². The lowest BCUT2D eigenvalue weighted by atomic mass is 10.0. The standard InChI is InChI=1S/C21H29NO4/c1-2-3-9-18-19(16-8-4-5-10-17(16)26-18)20(24)22-15-21(25-14-13-23)11-6-7-12-21/h4-5,8,10,23H,2-3,6-7,9,11-15H2,1H3,(H,22,24). The van der Waals surface area contributed by atoms with Gasteiger partial charge in [0.05, 0.1) is 24.4 Å². The van der Waals surface area contributed by atoms with Gasteiger partial charge in [0, 0.05) is 18.4 Å². The third kappa shape index (κ3) is 4.10. The number of fused-ring (bicyclic) bond motifs is 1. The van der Waals surface area contributed by atoms with Crippen LogP contribution in [0.3, 0.4) is 0 Å². The van der Waals surface area contributed by atoms with Crippen molar-refractivity contribution in [2.24, 2.45) is 0 Å².